The highest BCUT2D eigenvalue weighted by molar-refractivity contribution is 6.37. The van der Waals surface area contributed by atoms with E-state index in [4.69, 9.17) is 5.53 Å². The van der Waals surface area contributed by atoms with Crippen LogP contribution in [0.4, 0.5) is 8.78 Å². The van der Waals surface area contributed by atoms with Crippen LogP contribution in [0, 0.1) is 0 Å². The maximum atomic E-state index is 14.3. The number of hydrogen-bond acceptors (Lipinski definition) is 2. The van der Waals surface area contributed by atoms with E-state index < -0.39 is 23.5 Å². The molecule has 0 saturated heterocycles. The largest absolute Gasteiger partial charge is 0.457 e. The van der Waals surface area contributed by atoms with Crippen LogP contribution in [0.1, 0.15) is 18.4 Å². The molecule has 0 saturated carbocycles. The molecule has 0 radical (unpaired) electrons. The summed E-state index contributed by atoms with van der Waals surface area (Å²) in [5.74, 6) is -6.59. The van der Waals surface area contributed by atoms with Crippen LogP contribution in [-0.4, -0.2) is 29.0 Å². The third-order valence-electron chi connectivity index (χ3n) is 2.67. The first kappa shape index (κ1) is 15.7. The van der Waals surface area contributed by atoms with Crippen LogP contribution in [0.15, 0.2) is 43.0 Å². The van der Waals surface area contributed by atoms with E-state index in [0.717, 1.165) is 6.08 Å². The average molecular weight is 280 g/mol. The topological polar surface area (TPSA) is 62.7 Å². The summed E-state index contributed by atoms with van der Waals surface area (Å²) in [6.07, 6.45) is 1.000. The van der Waals surface area contributed by atoms with Crippen molar-refractivity contribution >= 4 is 11.7 Å². The minimum absolute atomic E-state index is 0.0992. The van der Waals surface area contributed by atoms with Gasteiger partial charge in [0.1, 0.15) is 0 Å². The summed E-state index contributed by atoms with van der Waals surface area (Å²) in [5, 5.41) is 0. The van der Waals surface area contributed by atoms with Crippen molar-refractivity contribution in [3.05, 3.63) is 54.1 Å². The Morgan fingerprint density at radius 2 is 2.10 bits per heavy atom. The number of esters is 1. The first-order chi connectivity index (χ1) is 9.48. The normalized spacial score (nSPS) is 12.2. The van der Waals surface area contributed by atoms with Crippen molar-refractivity contribution in [3.63, 3.8) is 0 Å². The second kappa shape index (κ2) is 6.73. The summed E-state index contributed by atoms with van der Waals surface area (Å²) in [6, 6.07) is 7.79. The number of hydrogen-bond donors (Lipinski definition) is 0. The molecular weight excluding hydrogens is 266 g/mol. The zero-order chi connectivity index (χ0) is 15.2. The van der Waals surface area contributed by atoms with Gasteiger partial charge in [-0.1, -0.05) is 36.4 Å². The van der Waals surface area contributed by atoms with Gasteiger partial charge in [0.05, 0.1) is 12.5 Å². The highest BCUT2D eigenvalue weighted by Gasteiger charge is 2.55. The molecule has 0 N–H and O–H groups in total. The van der Waals surface area contributed by atoms with Gasteiger partial charge in [-0.15, -0.1) is 6.58 Å². The fourth-order valence-electron chi connectivity index (χ4n) is 1.74. The van der Waals surface area contributed by atoms with E-state index in [0.29, 0.717) is 0 Å². The molecule has 1 aromatic rings. The summed E-state index contributed by atoms with van der Waals surface area (Å²) in [4.78, 5) is 13.9. The van der Waals surface area contributed by atoms with Crippen molar-refractivity contribution in [2.45, 2.75) is 18.8 Å². The number of benzene rings is 1. The summed E-state index contributed by atoms with van der Waals surface area (Å²) in [6.45, 7) is 4.72. The molecule has 0 aromatic heterocycles. The molecule has 0 aliphatic heterocycles. The zero-order valence-electron chi connectivity index (χ0n) is 10.9. The van der Waals surface area contributed by atoms with E-state index in [-0.39, 0.29) is 12.2 Å². The number of ether oxygens (including phenoxy) is 1. The predicted molar refractivity (Wildman–Crippen MR) is 69.6 cm³/mol. The van der Waals surface area contributed by atoms with Crippen LogP contribution in [0.2, 0.25) is 0 Å². The lowest BCUT2D eigenvalue weighted by Crippen LogP contribution is -2.41. The molecule has 1 aromatic carbocycles. The van der Waals surface area contributed by atoms with Crippen molar-refractivity contribution in [2.75, 3.05) is 6.61 Å². The van der Waals surface area contributed by atoms with Gasteiger partial charge < -0.3 is 10.3 Å². The Morgan fingerprint density at radius 3 is 2.55 bits per heavy atom. The molecule has 20 heavy (non-hydrogen) atoms. The van der Waals surface area contributed by atoms with Crippen LogP contribution in [0.3, 0.4) is 0 Å². The molecule has 4 nitrogen and oxygen atoms in total. The van der Waals surface area contributed by atoms with Gasteiger partial charge >= 0.3 is 17.6 Å². The quantitative estimate of drug-likeness (QED) is 0.264. The van der Waals surface area contributed by atoms with Crippen LogP contribution in [0.5, 0.6) is 0 Å². The van der Waals surface area contributed by atoms with Crippen molar-refractivity contribution in [3.8, 4) is 0 Å². The SMILES string of the molecule is C=CC(c1ccccc1)C(F)(F)C(=[N+]=[N-])C(=O)OCC. The number of halogens is 2. The van der Waals surface area contributed by atoms with Crippen LogP contribution in [-0.2, 0) is 9.53 Å². The molecule has 0 amide bonds. The highest BCUT2D eigenvalue weighted by atomic mass is 19.3. The Morgan fingerprint density at radius 1 is 1.50 bits per heavy atom. The van der Waals surface area contributed by atoms with Gasteiger partial charge in [-0.05, 0) is 12.5 Å². The molecule has 1 rings (SSSR count). The molecular formula is C14H14F2N2O2. The third kappa shape index (κ3) is 3.16. The van der Waals surface area contributed by atoms with Crippen LogP contribution < -0.4 is 0 Å². The molecule has 0 aliphatic carbocycles. The van der Waals surface area contributed by atoms with Crippen molar-refractivity contribution in [1.82, 2.24) is 0 Å². The van der Waals surface area contributed by atoms with Gasteiger partial charge in [0, 0.05) is 0 Å². The number of carbonyl (C=O) groups is 1. The fourth-order valence-corrected chi connectivity index (χ4v) is 1.74. The lowest BCUT2D eigenvalue weighted by atomic mass is 9.90. The fraction of sp³-hybridized carbons (Fsp3) is 0.286. The summed E-state index contributed by atoms with van der Waals surface area (Å²) >= 11 is 0. The van der Waals surface area contributed by atoms with Gasteiger partial charge in [-0.25, -0.2) is 4.79 Å². The van der Waals surface area contributed by atoms with Gasteiger partial charge in [-0.2, -0.15) is 13.6 Å². The molecule has 1 atom stereocenters. The Bertz CT molecular complexity index is 537. The van der Waals surface area contributed by atoms with E-state index in [2.05, 4.69) is 16.1 Å². The van der Waals surface area contributed by atoms with Gasteiger partial charge in [0.2, 0.25) is 0 Å². The number of nitrogens with zero attached hydrogens (tertiary/aromatic N) is 2. The molecule has 0 aliphatic rings. The van der Waals surface area contributed by atoms with Gasteiger partial charge in [-0.3, -0.25) is 0 Å². The first-order valence-electron chi connectivity index (χ1n) is 5.94. The standard InChI is InChI=1S/C14H14F2N2O2/c1-3-11(10-8-6-5-7-9-10)14(15,16)12(18-17)13(19)20-4-2/h3,5-9,11H,1,4H2,2H3. The van der Waals surface area contributed by atoms with E-state index in [1.807, 2.05) is 0 Å². The van der Waals surface area contributed by atoms with Gasteiger partial charge in [0.25, 0.3) is 0 Å². The number of allylic oxidation sites excluding steroid dienone is 1. The minimum Gasteiger partial charge on any atom is -0.457 e. The molecule has 0 spiro atoms. The van der Waals surface area contributed by atoms with Crippen LogP contribution >= 0.6 is 0 Å². The van der Waals surface area contributed by atoms with E-state index in [1.165, 1.54) is 19.1 Å². The van der Waals surface area contributed by atoms with Crippen LogP contribution in [0.25, 0.3) is 5.53 Å². The van der Waals surface area contributed by atoms with E-state index >= 15 is 0 Å². The predicted octanol–water partition coefficient (Wildman–Crippen LogP) is 2.83. The average Bonchev–Trinajstić information content (AvgIpc) is 2.41. The summed E-state index contributed by atoms with van der Waals surface area (Å²) < 4.78 is 33.2. The second-order valence-corrected chi connectivity index (χ2v) is 3.92. The zero-order valence-corrected chi connectivity index (χ0v) is 10.9. The molecule has 6 heteroatoms. The minimum atomic E-state index is -3.73. The molecule has 0 fully saturated rings. The number of alkyl halides is 2. The molecule has 1 unspecified atom stereocenters. The summed E-state index contributed by atoms with van der Waals surface area (Å²) in [7, 11) is 0. The highest BCUT2D eigenvalue weighted by Crippen LogP contribution is 2.35. The maximum absolute atomic E-state index is 14.3. The Balaban J connectivity index is 3.21. The smallest absolute Gasteiger partial charge is 0.445 e. The third-order valence-corrected chi connectivity index (χ3v) is 2.67. The summed E-state index contributed by atoms with van der Waals surface area (Å²) in [5.41, 5.74) is 7.63. The molecule has 0 bridgehead atoms. The number of rotatable bonds is 6. The van der Waals surface area contributed by atoms with Crippen molar-refractivity contribution < 1.29 is 23.1 Å². The monoisotopic (exact) mass is 280 g/mol. The number of carbonyl (C=O) groups excluding carboxylic acids is 1. The Kier molecular flexibility index (Phi) is 5.29. The van der Waals surface area contributed by atoms with Crippen molar-refractivity contribution in [1.29, 1.82) is 0 Å². The maximum Gasteiger partial charge on any atom is 0.445 e. The Labute approximate surface area is 115 Å². The van der Waals surface area contributed by atoms with E-state index in [9.17, 15) is 13.6 Å². The molecule has 0 heterocycles. The van der Waals surface area contributed by atoms with Gasteiger partial charge in [0.15, 0.2) is 0 Å². The van der Waals surface area contributed by atoms with Crippen molar-refractivity contribution in [2.24, 2.45) is 0 Å². The van der Waals surface area contributed by atoms with E-state index in [1.54, 1.807) is 18.2 Å². The lowest BCUT2D eigenvalue weighted by Gasteiger charge is -2.20. The first-order valence-corrected chi connectivity index (χ1v) is 5.94. The second-order valence-electron chi connectivity index (χ2n) is 3.92. The molecule has 106 valence electrons. The lowest BCUT2D eigenvalue weighted by molar-refractivity contribution is -0.144. The Hall–Kier alpha value is -2.33.